The van der Waals surface area contributed by atoms with E-state index in [9.17, 15) is 9.59 Å². The molecule has 0 bridgehead atoms. The van der Waals surface area contributed by atoms with Gasteiger partial charge in [0.1, 0.15) is 12.7 Å². The van der Waals surface area contributed by atoms with E-state index in [1.165, 1.54) is 19.3 Å². The summed E-state index contributed by atoms with van der Waals surface area (Å²) in [6, 6.07) is 1.21. The quantitative estimate of drug-likeness (QED) is 0.594. The summed E-state index contributed by atoms with van der Waals surface area (Å²) >= 11 is 0. The molecule has 0 aliphatic carbocycles. The molecule has 1 aromatic rings. The molecule has 0 saturated carbocycles. The normalized spacial score (nSPS) is 32.4. The van der Waals surface area contributed by atoms with E-state index in [0.29, 0.717) is 0 Å². The smallest absolute Gasteiger partial charge is 0.332 e. The van der Waals surface area contributed by atoms with E-state index >= 15 is 4.39 Å². The van der Waals surface area contributed by atoms with Crippen LogP contribution in [0.3, 0.4) is 0 Å². The van der Waals surface area contributed by atoms with Crippen LogP contribution in [0.5, 0.6) is 0 Å². The number of nitrogens with zero attached hydrogens (tertiary/aromatic N) is 2. The van der Waals surface area contributed by atoms with Crippen molar-refractivity contribution in [3.63, 3.8) is 0 Å². The summed E-state index contributed by atoms with van der Waals surface area (Å²) in [7, 11) is -0.924. The molecule has 3 rings (SSSR count). The fourth-order valence-electron chi connectivity index (χ4n) is 2.67. The molecule has 4 atom stereocenters. The summed E-state index contributed by atoms with van der Waals surface area (Å²) < 4.78 is 34.6. The second kappa shape index (κ2) is 5.60. The van der Waals surface area contributed by atoms with E-state index in [2.05, 4.69) is 20.8 Å². The average molecular weight is 372 g/mol. The maximum absolute atomic E-state index is 15.2. The summed E-state index contributed by atoms with van der Waals surface area (Å²) in [6.07, 6.45) is -2.40. The molecule has 0 amide bonds. The Labute approximate surface area is 146 Å². The number of aromatic nitrogens is 2. The Hall–Kier alpha value is -1.29. The molecule has 3 heterocycles. The molecule has 2 aliphatic heterocycles. The predicted molar refractivity (Wildman–Crippen MR) is 91.7 cm³/mol. The maximum atomic E-state index is 15.2. The van der Waals surface area contributed by atoms with Crippen LogP contribution in [-0.4, -0.2) is 42.1 Å². The Bertz CT molecular complexity index is 793. The van der Waals surface area contributed by atoms with Gasteiger partial charge in [-0.1, -0.05) is 20.8 Å². The van der Waals surface area contributed by atoms with Crippen LogP contribution in [0.25, 0.3) is 0 Å². The standard InChI is InChI=1S/C16H25FN2O5Si/c1-15(2,3)25(5,6)24-12-11(17)13(23-16(12)9-22-16)19-8-7-10(20)18(4)14(19)21/h7-8,11-13H,9H2,1-6H3/t11-,12?,13-,16+/m1/s1. The first kappa shape index (κ1) is 18.5. The summed E-state index contributed by atoms with van der Waals surface area (Å²) in [6.45, 7) is 10.5. The van der Waals surface area contributed by atoms with Gasteiger partial charge in [-0.05, 0) is 18.1 Å². The van der Waals surface area contributed by atoms with Crippen LogP contribution < -0.4 is 11.2 Å². The van der Waals surface area contributed by atoms with Gasteiger partial charge in [-0.2, -0.15) is 0 Å². The lowest BCUT2D eigenvalue weighted by molar-refractivity contribution is -0.0969. The van der Waals surface area contributed by atoms with Crippen LogP contribution in [0.15, 0.2) is 21.9 Å². The monoisotopic (exact) mass is 372 g/mol. The number of hydrogen-bond donors (Lipinski definition) is 0. The van der Waals surface area contributed by atoms with Crippen molar-refractivity contribution in [1.29, 1.82) is 0 Å². The van der Waals surface area contributed by atoms with Gasteiger partial charge in [0.25, 0.3) is 5.56 Å². The highest BCUT2D eigenvalue weighted by Crippen LogP contribution is 2.51. The van der Waals surface area contributed by atoms with Gasteiger partial charge >= 0.3 is 5.69 Å². The van der Waals surface area contributed by atoms with Crippen LogP contribution in [-0.2, 0) is 20.9 Å². The van der Waals surface area contributed by atoms with Crippen molar-refractivity contribution < 1.29 is 18.3 Å². The molecule has 2 saturated heterocycles. The zero-order valence-electron chi connectivity index (χ0n) is 15.4. The minimum absolute atomic E-state index is 0.103. The number of epoxide rings is 1. The van der Waals surface area contributed by atoms with Gasteiger partial charge in [-0.15, -0.1) is 0 Å². The first-order chi connectivity index (χ1) is 11.4. The second-order valence-electron chi connectivity index (χ2n) is 8.25. The van der Waals surface area contributed by atoms with Crippen molar-refractivity contribution in [3.8, 4) is 0 Å². The Balaban J connectivity index is 1.94. The van der Waals surface area contributed by atoms with Gasteiger partial charge in [0.05, 0.1) is 0 Å². The number of halogens is 1. The molecule has 1 spiro atoms. The van der Waals surface area contributed by atoms with Crippen molar-refractivity contribution in [3.05, 3.63) is 33.1 Å². The molecule has 0 radical (unpaired) electrons. The highest BCUT2D eigenvalue weighted by molar-refractivity contribution is 6.74. The summed E-state index contributed by atoms with van der Waals surface area (Å²) in [4.78, 5) is 23.9. The highest BCUT2D eigenvalue weighted by atomic mass is 28.4. The van der Waals surface area contributed by atoms with E-state index in [1.54, 1.807) is 0 Å². The Morgan fingerprint density at radius 1 is 1.36 bits per heavy atom. The van der Waals surface area contributed by atoms with Gasteiger partial charge in [-0.25, -0.2) is 9.18 Å². The Kier molecular flexibility index (Phi) is 4.14. The van der Waals surface area contributed by atoms with Crippen LogP contribution in [0.4, 0.5) is 4.39 Å². The maximum Gasteiger partial charge on any atom is 0.332 e. The fourth-order valence-corrected chi connectivity index (χ4v) is 3.97. The van der Waals surface area contributed by atoms with Crippen molar-refractivity contribution in [2.75, 3.05) is 6.61 Å². The lowest BCUT2D eigenvalue weighted by Crippen LogP contribution is -2.49. The summed E-state index contributed by atoms with van der Waals surface area (Å²) in [5.41, 5.74) is -1.09. The average Bonchev–Trinajstić information content (AvgIpc) is 3.22. The molecule has 2 fully saturated rings. The predicted octanol–water partition coefficient (Wildman–Crippen LogP) is 1.53. The SMILES string of the molecule is Cn1c(=O)ccn([C@@H]2O[C@@]3(CO3)C(O[Si](C)(C)C(C)(C)C)[C@H]2F)c1=O. The largest absolute Gasteiger partial charge is 0.405 e. The summed E-state index contributed by atoms with van der Waals surface area (Å²) in [5.74, 6) is -1.15. The Morgan fingerprint density at radius 2 is 1.96 bits per heavy atom. The summed E-state index contributed by atoms with van der Waals surface area (Å²) in [5, 5.41) is -0.103. The third kappa shape index (κ3) is 2.92. The topological polar surface area (TPSA) is 75.0 Å². The molecule has 140 valence electrons. The van der Waals surface area contributed by atoms with Gasteiger partial charge in [0.2, 0.25) is 5.79 Å². The molecule has 0 aromatic carbocycles. The van der Waals surface area contributed by atoms with Crippen molar-refractivity contribution in [1.82, 2.24) is 9.13 Å². The minimum atomic E-state index is -2.27. The molecule has 2 aliphatic rings. The molecular weight excluding hydrogens is 347 g/mol. The molecule has 25 heavy (non-hydrogen) atoms. The number of rotatable bonds is 3. The van der Waals surface area contributed by atoms with Crippen molar-refractivity contribution in [2.24, 2.45) is 7.05 Å². The van der Waals surface area contributed by atoms with Crippen LogP contribution in [0.2, 0.25) is 18.1 Å². The van der Waals surface area contributed by atoms with Crippen LogP contribution >= 0.6 is 0 Å². The number of hydrogen-bond acceptors (Lipinski definition) is 5. The molecule has 0 N–H and O–H groups in total. The molecule has 1 aromatic heterocycles. The van der Waals surface area contributed by atoms with Crippen LogP contribution in [0.1, 0.15) is 27.0 Å². The molecule has 7 nitrogen and oxygen atoms in total. The molecular formula is C16H25FN2O5Si. The van der Waals surface area contributed by atoms with E-state index < -0.39 is 43.9 Å². The lowest BCUT2D eigenvalue weighted by Gasteiger charge is -2.39. The third-order valence-corrected chi connectivity index (χ3v) is 9.92. The first-order valence-corrected chi connectivity index (χ1v) is 11.2. The van der Waals surface area contributed by atoms with Crippen molar-refractivity contribution >= 4 is 8.32 Å². The first-order valence-electron chi connectivity index (χ1n) is 8.31. The van der Waals surface area contributed by atoms with Gasteiger partial charge in [-0.3, -0.25) is 13.9 Å². The number of alkyl halides is 1. The van der Waals surface area contributed by atoms with Gasteiger partial charge < -0.3 is 13.9 Å². The third-order valence-electron chi connectivity index (χ3n) is 5.46. The van der Waals surface area contributed by atoms with Crippen LogP contribution in [0, 0.1) is 0 Å². The minimum Gasteiger partial charge on any atom is -0.405 e. The van der Waals surface area contributed by atoms with Gasteiger partial charge in [0, 0.05) is 19.3 Å². The van der Waals surface area contributed by atoms with E-state index in [1.807, 2.05) is 13.1 Å². The van der Waals surface area contributed by atoms with Crippen molar-refractivity contribution in [2.45, 2.75) is 63.2 Å². The lowest BCUT2D eigenvalue weighted by atomic mass is 10.1. The van der Waals surface area contributed by atoms with E-state index in [4.69, 9.17) is 13.9 Å². The van der Waals surface area contributed by atoms with Gasteiger partial charge in [0.15, 0.2) is 20.7 Å². The zero-order chi connectivity index (χ0) is 18.8. The zero-order valence-corrected chi connectivity index (χ0v) is 16.4. The van der Waals surface area contributed by atoms with E-state index in [-0.39, 0.29) is 11.6 Å². The number of ether oxygens (including phenoxy) is 2. The molecule has 1 unspecified atom stereocenters. The second-order valence-corrected chi connectivity index (χ2v) is 13.0. The van der Waals surface area contributed by atoms with E-state index in [0.717, 1.165) is 9.13 Å². The highest BCUT2D eigenvalue weighted by Gasteiger charge is 2.67. The molecule has 9 heteroatoms. The fraction of sp³-hybridized carbons (Fsp3) is 0.750. The Morgan fingerprint density at radius 3 is 2.48 bits per heavy atom.